The molecule has 0 N–H and O–H groups in total. The molecule has 4 nitrogen and oxygen atoms in total. The maximum atomic E-state index is 11.6. The molecular formula is C21H39Br3O4. The maximum absolute atomic E-state index is 11.6. The van der Waals surface area contributed by atoms with Gasteiger partial charge in [0.1, 0.15) is 0 Å². The normalized spacial score (nSPS) is 16.5. The highest BCUT2D eigenvalue weighted by Crippen LogP contribution is 2.45. The van der Waals surface area contributed by atoms with Crippen LogP contribution in [0.25, 0.3) is 0 Å². The lowest BCUT2D eigenvalue weighted by molar-refractivity contribution is -0.161. The molecule has 0 aromatic heterocycles. The van der Waals surface area contributed by atoms with Crippen molar-refractivity contribution >= 4 is 59.7 Å². The van der Waals surface area contributed by atoms with Gasteiger partial charge in [0.15, 0.2) is 0 Å². The Bertz CT molecular complexity index is 395. The smallest absolute Gasteiger partial charge is 0.312 e. The summed E-state index contributed by atoms with van der Waals surface area (Å²) >= 11 is 9.95. The summed E-state index contributed by atoms with van der Waals surface area (Å²) in [6.45, 7) is 4.75. The Kier molecular flexibility index (Phi) is 21.1. The first-order valence-corrected chi connectivity index (χ1v) is 13.4. The highest BCUT2D eigenvalue weighted by atomic mass is 79.9. The summed E-state index contributed by atoms with van der Waals surface area (Å²) in [4.78, 5) is 22.4. The predicted octanol–water partition coefficient (Wildman–Crippen LogP) is 7.05. The molecule has 0 unspecified atom stereocenters. The molecule has 28 heavy (non-hydrogen) atoms. The van der Waals surface area contributed by atoms with Crippen LogP contribution in [0, 0.1) is 11.3 Å². The summed E-state index contributed by atoms with van der Waals surface area (Å²) in [6, 6.07) is 0. The lowest BCUT2D eigenvalue weighted by Gasteiger charge is -2.39. The van der Waals surface area contributed by atoms with Gasteiger partial charge < -0.3 is 9.47 Å². The second-order valence-electron chi connectivity index (χ2n) is 6.76. The molecule has 0 aromatic rings. The molecule has 2 aliphatic rings. The van der Waals surface area contributed by atoms with Crippen LogP contribution in [0.3, 0.4) is 0 Å². The first kappa shape index (κ1) is 30.6. The van der Waals surface area contributed by atoms with Crippen LogP contribution >= 0.6 is 47.8 Å². The molecule has 0 radical (unpaired) electrons. The number of rotatable bonds is 9. The molecule has 0 saturated heterocycles. The van der Waals surface area contributed by atoms with E-state index in [-0.39, 0.29) is 30.7 Å². The van der Waals surface area contributed by atoms with Crippen molar-refractivity contribution in [2.75, 3.05) is 29.2 Å². The van der Waals surface area contributed by atoms with Gasteiger partial charge in [-0.3, -0.25) is 9.59 Å². The summed E-state index contributed by atoms with van der Waals surface area (Å²) in [5.74, 6) is 0.274. The third-order valence-electron chi connectivity index (χ3n) is 4.80. The molecule has 2 fully saturated rings. The van der Waals surface area contributed by atoms with Crippen LogP contribution < -0.4 is 0 Å². The van der Waals surface area contributed by atoms with Crippen LogP contribution in [0.15, 0.2) is 0 Å². The summed E-state index contributed by atoms with van der Waals surface area (Å²) in [6.07, 6.45) is 9.79. The van der Waals surface area contributed by atoms with E-state index in [0.29, 0.717) is 13.2 Å². The first-order valence-electron chi connectivity index (χ1n) is 10.0. The van der Waals surface area contributed by atoms with Crippen LogP contribution in [0.4, 0.5) is 0 Å². The summed E-state index contributed by atoms with van der Waals surface area (Å²) in [7, 11) is 0. The minimum atomic E-state index is -0.107. The van der Waals surface area contributed by atoms with Crippen molar-refractivity contribution in [3.05, 3.63) is 0 Å². The number of esters is 2. The zero-order valence-electron chi connectivity index (χ0n) is 16.7. The second kappa shape index (κ2) is 19.3. The van der Waals surface area contributed by atoms with Gasteiger partial charge in [-0.15, -0.1) is 0 Å². The van der Waals surface area contributed by atoms with Crippen molar-refractivity contribution in [1.29, 1.82) is 0 Å². The van der Waals surface area contributed by atoms with Gasteiger partial charge in [-0.2, -0.15) is 0 Å². The van der Waals surface area contributed by atoms with E-state index >= 15 is 0 Å². The molecule has 0 atom stereocenters. The molecule has 2 aliphatic carbocycles. The molecule has 0 amide bonds. The van der Waals surface area contributed by atoms with Crippen LogP contribution in [-0.2, 0) is 19.1 Å². The van der Waals surface area contributed by atoms with Gasteiger partial charge in [-0.1, -0.05) is 68.1 Å². The fourth-order valence-electron chi connectivity index (χ4n) is 2.80. The van der Waals surface area contributed by atoms with E-state index in [1.807, 2.05) is 13.8 Å². The number of alkyl halides is 3. The fraction of sp³-hybridized carbons (Fsp3) is 0.905. The molecule has 0 heterocycles. The van der Waals surface area contributed by atoms with Crippen molar-refractivity contribution in [3.8, 4) is 0 Å². The van der Waals surface area contributed by atoms with E-state index in [1.54, 1.807) is 0 Å². The number of halogens is 3. The minimum Gasteiger partial charge on any atom is -0.466 e. The van der Waals surface area contributed by atoms with E-state index in [9.17, 15) is 9.59 Å². The summed E-state index contributed by atoms with van der Waals surface area (Å²) in [5.41, 5.74) is -0.107. The third-order valence-corrected chi connectivity index (χ3v) is 6.48. The Labute approximate surface area is 197 Å². The molecule has 0 aliphatic heterocycles. The number of hydrogen-bond donors (Lipinski definition) is 0. The zero-order valence-corrected chi connectivity index (χ0v) is 21.5. The molecule has 168 valence electrons. The van der Waals surface area contributed by atoms with E-state index in [1.165, 1.54) is 19.3 Å². The quantitative estimate of drug-likeness (QED) is 0.212. The first-order chi connectivity index (χ1) is 13.0. The molecule has 0 spiro atoms. The van der Waals surface area contributed by atoms with Crippen molar-refractivity contribution in [3.63, 3.8) is 0 Å². The second-order valence-corrected chi connectivity index (χ2v) is 9.14. The zero-order chi connectivity index (χ0) is 20.5. The van der Waals surface area contributed by atoms with Crippen molar-refractivity contribution < 1.29 is 19.1 Å². The van der Waals surface area contributed by atoms with Crippen molar-refractivity contribution in [1.82, 2.24) is 0 Å². The van der Waals surface area contributed by atoms with Crippen LogP contribution in [0.1, 0.15) is 79.1 Å². The average molecular weight is 595 g/mol. The van der Waals surface area contributed by atoms with E-state index < -0.39 is 0 Å². The Morgan fingerprint density at radius 1 is 0.893 bits per heavy atom. The highest BCUT2D eigenvalue weighted by Gasteiger charge is 2.44. The summed E-state index contributed by atoms with van der Waals surface area (Å²) < 4.78 is 9.90. The molecule has 2 saturated carbocycles. The van der Waals surface area contributed by atoms with E-state index in [2.05, 4.69) is 47.8 Å². The monoisotopic (exact) mass is 592 g/mol. The lowest BCUT2D eigenvalue weighted by Crippen LogP contribution is -2.39. The van der Waals surface area contributed by atoms with E-state index in [4.69, 9.17) is 9.47 Å². The molecule has 0 aromatic carbocycles. The molecular weight excluding hydrogens is 556 g/mol. The van der Waals surface area contributed by atoms with Gasteiger partial charge in [-0.25, -0.2) is 0 Å². The van der Waals surface area contributed by atoms with Crippen molar-refractivity contribution in [2.45, 2.75) is 79.1 Å². The SMILES string of the molecule is BrCCCBr.C.CCOC(=O)C1(CCCBr)CCC1.CCOC(=O)C1CCC1. The lowest BCUT2D eigenvalue weighted by atomic mass is 9.66. The van der Waals surface area contributed by atoms with E-state index in [0.717, 1.165) is 54.5 Å². The number of hydrogen-bond acceptors (Lipinski definition) is 4. The molecule has 0 bridgehead atoms. The highest BCUT2D eigenvalue weighted by molar-refractivity contribution is 9.09. The topological polar surface area (TPSA) is 52.6 Å². The Morgan fingerprint density at radius 2 is 1.43 bits per heavy atom. The predicted molar refractivity (Wildman–Crippen MR) is 129 cm³/mol. The number of carbonyl (C=O) groups excluding carboxylic acids is 2. The van der Waals surface area contributed by atoms with Gasteiger partial charge in [0.2, 0.25) is 0 Å². The largest absolute Gasteiger partial charge is 0.466 e. The summed E-state index contributed by atoms with van der Waals surface area (Å²) in [5, 5.41) is 3.20. The molecule has 2 rings (SSSR count). The fourth-order valence-corrected chi connectivity index (χ4v) is 4.40. The Hall–Kier alpha value is 0.380. The third kappa shape index (κ3) is 12.2. The van der Waals surface area contributed by atoms with Crippen LogP contribution in [0.5, 0.6) is 0 Å². The number of carbonyl (C=O) groups is 2. The van der Waals surface area contributed by atoms with Gasteiger partial charge in [-0.05, 0) is 58.8 Å². The van der Waals surface area contributed by atoms with Gasteiger partial charge >= 0.3 is 11.9 Å². The van der Waals surface area contributed by atoms with Gasteiger partial charge in [0.05, 0.1) is 24.5 Å². The standard InChI is InChI=1S/C10H17BrO2.C7H12O2.C3H6Br2.CH4/c1-2-13-9(12)10(5-3-6-10)7-4-8-11;1-2-9-7(8)6-4-3-5-6;4-2-1-3-5;/h2-8H2,1H3;6H,2-5H2,1H3;1-3H2;1H4. The Morgan fingerprint density at radius 3 is 1.71 bits per heavy atom. The van der Waals surface area contributed by atoms with Crippen LogP contribution in [-0.4, -0.2) is 41.1 Å². The van der Waals surface area contributed by atoms with Gasteiger partial charge in [0, 0.05) is 16.0 Å². The molecule has 7 heteroatoms. The van der Waals surface area contributed by atoms with Gasteiger partial charge in [0.25, 0.3) is 0 Å². The number of ether oxygens (including phenoxy) is 2. The minimum absolute atomic E-state index is 0. The Balaban J connectivity index is 0. The average Bonchev–Trinajstić information content (AvgIpc) is 2.55. The van der Waals surface area contributed by atoms with Crippen LogP contribution in [0.2, 0.25) is 0 Å². The maximum Gasteiger partial charge on any atom is 0.312 e. The van der Waals surface area contributed by atoms with Crippen molar-refractivity contribution in [2.24, 2.45) is 11.3 Å².